The number of aromatic nitrogens is 4. The maximum Gasteiger partial charge on any atom is 0.261 e. The van der Waals surface area contributed by atoms with Crippen LogP contribution >= 0.6 is 0 Å². The first-order valence-electron chi connectivity index (χ1n) is 10.2. The van der Waals surface area contributed by atoms with Crippen molar-refractivity contribution in [1.82, 2.24) is 25.1 Å². The molecule has 33 heavy (non-hydrogen) atoms. The van der Waals surface area contributed by atoms with Crippen LogP contribution in [0.2, 0.25) is 0 Å². The van der Waals surface area contributed by atoms with Gasteiger partial charge in [-0.3, -0.25) is 19.3 Å². The summed E-state index contributed by atoms with van der Waals surface area (Å²) in [4.78, 5) is 39.7. The van der Waals surface area contributed by atoms with Crippen molar-refractivity contribution in [3.63, 3.8) is 0 Å². The van der Waals surface area contributed by atoms with Gasteiger partial charge in [0.1, 0.15) is 6.33 Å². The van der Waals surface area contributed by atoms with Crippen LogP contribution in [0, 0.1) is 6.92 Å². The van der Waals surface area contributed by atoms with Crippen LogP contribution in [0.15, 0.2) is 73.1 Å². The Morgan fingerprint density at radius 3 is 2.48 bits per heavy atom. The third-order valence-electron chi connectivity index (χ3n) is 5.48. The van der Waals surface area contributed by atoms with E-state index in [0.717, 1.165) is 16.8 Å². The molecule has 2 heterocycles. The van der Waals surface area contributed by atoms with Gasteiger partial charge in [0.2, 0.25) is 0 Å². The van der Waals surface area contributed by atoms with Gasteiger partial charge < -0.3 is 5.32 Å². The number of nitrogens with zero attached hydrogens (tertiary/aromatic N) is 5. The van der Waals surface area contributed by atoms with Crippen LogP contribution in [-0.4, -0.2) is 42.8 Å². The molecule has 0 radical (unpaired) electrons. The van der Waals surface area contributed by atoms with Gasteiger partial charge in [-0.15, -0.1) is 5.10 Å². The predicted octanol–water partition coefficient (Wildman–Crippen LogP) is 3.02. The number of carbonyl (C=O) groups excluding carboxylic acids is 3. The van der Waals surface area contributed by atoms with Gasteiger partial charge in [-0.2, -0.15) is 0 Å². The Bertz CT molecular complexity index is 1380. The Balaban J connectivity index is 1.37. The average Bonchev–Trinajstić information content (AvgIpc) is 3.44. The molecule has 0 unspecified atom stereocenters. The minimum absolute atomic E-state index is 0.179. The molecule has 9 heteroatoms. The van der Waals surface area contributed by atoms with Crippen molar-refractivity contribution in [3.8, 4) is 5.69 Å². The molecule has 162 valence electrons. The summed E-state index contributed by atoms with van der Waals surface area (Å²) in [5, 5.41) is 14.0. The second-order valence-corrected chi connectivity index (χ2v) is 7.65. The molecule has 5 rings (SSSR count). The molecule has 0 atom stereocenters. The first-order chi connectivity index (χ1) is 16.0. The Kier molecular flexibility index (Phi) is 4.98. The second-order valence-electron chi connectivity index (χ2n) is 7.65. The van der Waals surface area contributed by atoms with Crippen molar-refractivity contribution in [2.75, 3.05) is 5.32 Å². The lowest BCUT2D eigenvalue weighted by Gasteiger charge is -2.13. The summed E-state index contributed by atoms with van der Waals surface area (Å²) in [6, 6.07) is 19.2. The number of aryl methyl sites for hydroxylation is 1. The second kappa shape index (κ2) is 8.12. The molecule has 9 nitrogen and oxygen atoms in total. The monoisotopic (exact) mass is 438 g/mol. The number of carbonyl (C=O) groups is 3. The number of hydrogen-bond acceptors (Lipinski definition) is 6. The smallest absolute Gasteiger partial charge is 0.261 e. The highest BCUT2D eigenvalue weighted by molar-refractivity contribution is 6.22. The van der Waals surface area contributed by atoms with Gasteiger partial charge in [0.05, 0.1) is 23.4 Å². The van der Waals surface area contributed by atoms with E-state index in [1.807, 2.05) is 43.3 Å². The first-order valence-corrected chi connectivity index (χ1v) is 10.2. The average molecular weight is 438 g/mol. The molecule has 1 N–H and O–H groups in total. The molecule has 3 amide bonds. The quantitative estimate of drug-likeness (QED) is 0.480. The van der Waals surface area contributed by atoms with Crippen LogP contribution in [0.5, 0.6) is 0 Å². The maximum absolute atomic E-state index is 12.9. The number of imide groups is 1. The molecule has 3 aromatic carbocycles. The number of amides is 3. The summed E-state index contributed by atoms with van der Waals surface area (Å²) in [5.74, 6) is -1.17. The van der Waals surface area contributed by atoms with Crippen LogP contribution < -0.4 is 5.32 Å². The fraction of sp³-hybridized carbons (Fsp3) is 0.0833. The molecule has 0 spiro atoms. The van der Waals surface area contributed by atoms with Crippen molar-refractivity contribution in [2.24, 2.45) is 0 Å². The molecular weight excluding hydrogens is 420 g/mol. The number of anilines is 1. The summed E-state index contributed by atoms with van der Waals surface area (Å²) in [6.45, 7) is 2.09. The lowest BCUT2D eigenvalue weighted by molar-refractivity contribution is 0.0642. The van der Waals surface area contributed by atoms with Crippen molar-refractivity contribution in [3.05, 3.63) is 101 Å². The molecule has 0 bridgehead atoms. The normalized spacial score (nSPS) is 12.7. The van der Waals surface area contributed by atoms with Crippen LogP contribution in [-0.2, 0) is 6.54 Å². The molecule has 0 saturated carbocycles. The van der Waals surface area contributed by atoms with E-state index >= 15 is 0 Å². The predicted molar refractivity (Wildman–Crippen MR) is 119 cm³/mol. The third kappa shape index (κ3) is 3.76. The van der Waals surface area contributed by atoms with Crippen LogP contribution in [0.4, 0.5) is 5.69 Å². The van der Waals surface area contributed by atoms with E-state index < -0.39 is 11.8 Å². The highest BCUT2D eigenvalue weighted by Crippen LogP contribution is 2.26. The lowest BCUT2D eigenvalue weighted by Crippen LogP contribution is -2.29. The van der Waals surface area contributed by atoms with Gasteiger partial charge in [0.15, 0.2) is 0 Å². The molecular formula is C24H18N6O3. The summed E-state index contributed by atoms with van der Waals surface area (Å²) in [7, 11) is 0. The maximum atomic E-state index is 12.9. The Labute approximate surface area is 188 Å². The number of rotatable bonds is 5. The lowest BCUT2D eigenvalue weighted by atomic mass is 10.1. The van der Waals surface area contributed by atoms with Gasteiger partial charge >= 0.3 is 0 Å². The zero-order valence-electron chi connectivity index (χ0n) is 17.6. The zero-order valence-corrected chi connectivity index (χ0v) is 17.6. The first kappa shape index (κ1) is 20.3. The summed E-state index contributed by atoms with van der Waals surface area (Å²) in [5.41, 5.74) is 3.85. The van der Waals surface area contributed by atoms with Gasteiger partial charge in [-0.1, -0.05) is 36.4 Å². The fourth-order valence-corrected chi connectivity index (χ4v) is 3.75. The summed E-state index contributed by atoms with van der Waals surface area (Å²) >= 11 is 0. The van der Waals surface area contributed by atoms with E-state index in [9.17, 15) is 14.4 Å². The Hall–Kier alpha value is -4.66. The summed E-state index contributed by atoms with van der Waals surface area (Å²) in [6.07, 6.45) is 1.47. The third-order valence-corrected chi connectivity index (χ3v) is 5.48. The van der Waals surface area contributed by atoms with E-state index in [1.54, 1.807) is 18.2 Å². The number of hydrogen-bond donors (Lipinski definition) is 1. The van der Waals surface area contributed by atoms with Crippen molar-refractivity contribution < 1.29 is 14.4 Å². The van der Waals surface area contributed by atoms with E-state index in [1.165, 1.54) is 28.0 Å². The fourth-order valence-electron chi connectivity index (χ4n) is 3.75. The van der Waals surface area contributed by atoms with Crippen LogP contribution in [0.1, 0.15) is 42.2 Å². The molecule has 1 aliphatic rings. The van der Waals surface area contributed by atoms with Crippen molar-refractivity contribution in [1.29, 1.82) is 0 Å². The molecule has 4 aromatic rings. The van der Waals surface area contributed by atoms with E-state index in [4.69, 9.17) is 0 Å². The van der Waals surface area contributed by atoms with Gasteiger partial charge in [0.25, 0.3) is 17.7 Å². The number of benzene rings is 3. The minimum atomic E-state index is -0.412. The topological polar surface area (TPSA) is 110 Å². The van der Waals surface area contributed by atoms with Gasteiger partial charge in [0, 0.05) is 11.3 Å². The largest absolute Gasteiger partial charge is 0.322 e. The number of fused-ring (bicyclic) bond motifs is 1. The molecule has 0 fully saturated rings. The molecule has 0 aliphatic carbocycles. The van der Waals surface area contributed by atoms with E-state index in [2.05, 4.69) is 20.8 Å². The minimum Gasteiger partial charge on any atom is -0.322 e. The van der Waals surface area contributed by atoms with Crippen molar-refractivity contribution >= 4 is 23.4 Å². The number of tetrazole rings is 1. The SMILES string of the molecule is Cc1ccc(NC(=O)c2ccc3c(c2)C(=O)N(Cc2ccccc2)C3=O)cc1-n1cnnn1. The van der Waals surface area contributed by atoms with Crippen LogP contribution in [0.25, 0.3) is 5.69 Å². The van der Waals surface area contributed by atoms with Gasteiger partial charge in [-0.25, -0.2) is 4.68 Å². The van der Waals surface area contributed by atoms with Gasteiger partial charge in [-0.05, 0) is 58.8 Å². The highest BCUT2D eigenvalue weighted by atomic mass is 16.2. The number of nitrogens with one attached hydrogen (secondary N) is 1. The Morgan fingerprint density at radius 2 is 1.73 bits per heavy atom. The highest BCUT2D eigenvalue weighted by Gasteiger charge is 2.36. The van der Waals surface area contributed by atoms with Crippen LogP contribution in [0.3, 0.4) is 0 Å². The van der Waals surface area contributed by atoms with E-state index in [0.29, 0.717) is 11.3 Å². The summed E-state index contributed by atoms with van der Waals surface area (Å²) < 4.78 is 1.51. The standard InChI is InChI=1S/C24H18N6O3/c1-15-7-9-18(12-21(15)30-14-25-27-28-30)26-22(31)17-8-10-19-20(11-17)24(33)29(23(19)32)13-16-5-3-2-4-6-16/h2-12,14H,13H2,1H3,(H,26,31). The molecule has 1 aliphatic heterocycles. The molecule has 1 aromatic heterocycles. The van der Waals surface area contributed by atoms with Crippen molar-refractivity contribution in [2.45, 2.75) is 13.5 Å². The zero-order chi connectivity index (χ0) is 22.9. The Morgan fingerprint density at radius 1 is 0.939 bits per heavy atom. The van der Waals surface area contributed by atoms with E-state index in [-0.39, 0.29) is 23.6 Å². The molecule has 0 saturated heterocycles.